The van der Waals surface area contributed by atoms with Crippen molar-refractivity contribution >= 4 is 28.4 Å². The van der Waals surface area contributed by atoms with Gasteiger partial charge < -0.3 is 9.74 Å². The fourth-order valence-electron chi connectivity index (χ4n) is 1.40. The molecule has 0 unspecified atom stereocenters. The van der Waals surface area contributed by atoms with Crippen molar-refractivity contribution < 1.29 is 4.84 Å². The summed E-state index contributed by atoms with van der Waals surface area (Å²) in [6.07, 6.45) is 0. The number of hydrogen-bond acceptors (Lipinski definition) is 5. The summed E-state index contributed by atoms with van der Waals surface area (Å²) in [6, 6.07) is 4.13. The molecular weight excluding hydrogens is 264 g/mol. The lowest BCUT2D eigenvalue weighted by Crippen LogP contribution is -2.17. The topological polar surface area (TPSA) is 24.8 Å². The second-order valence-electron chi connectivity index (χ2n) is 4.10. The Balaban J connectivity index is 2.09. The van der Waals surface area contributed by atoms with Gasteiger partial charge in [0.1, 0.15) is 12.3 Å². The fourth-order valence-corrected chi connectivity index (χ4v) is 2.69. The lowest BCUT2D eigenvalue weighted by atomic mass is 10.1. The van der Waals surface area contributed by atoms with E-state index >= 15 is 0 Å². The van der Waals surface area contributed by atoms with E-state index in [0.29, 0.717) is 6.61 Å². The molecule has 0 aliphatic carbocycles. The Labute approximate surface area is 115 Å². The number of hydrogen-bond donors (Lipinski definition) is 0. The van der Waals surface area contributed by atoms with Crippen LogP contribution in [-0.2, 0) is 4.84 Å². The average Bonchev–Trinajstić information content (AvgIpc) is 3.01. The van der Waals surface area contributed by atoms with E-state index in [1.54, 1.807) is 22.7 Å². The molecule has 18 heavy (non-hydrogen) atoms. The molecule has 0 spiro atoms. The standard InChI is InChI=1S/C13H16N2OS2/c1-15(2)5-6-16-14-13(11-3-7-17-9-11)12-4-8-18-10-12/h3-4,7-10H,5-6H2,1-2H3. The second-order valence-corrected chi connectivity index (χ2v) is 5.66. The van der Waals surface area contributed by atoms with Gasteiger partial charge in [0.15, 0.2) is 0 Å². The molecule has 0 saturated heterocycles. The van der Waals surface area contributed by atoms with Crippen molar-refractivity contribution in [3.05, 3.63) is 44.8 Å². The van der Waals surface area contributed by atoms with E-state index in [9.17, 15) is 0 Å². The second kappa shape index (κ2) is 6.68. The Morgan fingerprint density at radius 2 is 1.78 bits per heavy atom. The van der Waals surface area contributed by atoms with Gasteiger partial charge in [-0.2, -0.15) is 22.7 Å². The molecule has 2 aromatic heterocycles. The van der Waals surface area contributed by atoms with Crippen molar-refractivity contribution in [2.75, 3.05) is 27.2 Å². The molecule has 0 fully saturated rings. The van der Waals surface area contributed by atoms with Gasteiger partial charge in [-0.15, -0.1) is 0 Å². The summed E-state index contributed by atoms with van der Waals surface area (Å²) in [5.41, 5.74) is 3.14. The predicted octanol–water partition coefficient (Wildman–Crippen LogP) is 3.14. The van der Waals surface area contributed by atoms with Crippen LogP contribution in [0, 0.1) is 0 Å². The van der Waals surface area contributed by atoms with Crippen LogP contribution in [0.15, 0.2) is 38.8 Å². The summed E-state index contributed by atoms with van der Waals surface area (Å²) in [5, 5.41) is 12.6. The quantitative estimate of drug-likeness (QED) is 0.461. The molecule has 0 atom stereocenters. The van der Waals surface area contributed by atoms with Crippen molar-refractivity contribution in [1.82, 2.24) is 4.90 Å². The maximum atomic E-state index is 5.41. The van der Waals surface area contributed by atoms with Crippen molar-refractivity contribution in [1.29, 1.82) is 0 Å². The van der Waals surface area contributed by atoms with Gasteiger partial charge in [0.2, 0.25) is 0 Å². The molecule has 0 N–H and O–H groups in total. The fraction of sp³-hybridized carbons (Fsp3) is 0.308. The van der Waals surface area contributed by atoms with Gasteiger partial charge in [0.05, 0.1) is 0 Å². The number of oxime groups is 1. The lowest BCUT2D eigenvalue weighted by molar-refractivity contribution is 0.126. The van der Waals surface area contributed by atoms with Crippen molar-refractivity contribution in [2.45, 2.75) is 0 Å². The van der Waals surface area contributed by atoms with Gasteiger partial charge in [0.25, 0.3) is 0 Å². The van der Waals surface area contributed by atoms with Gasteiger partial charge in [-0.3, -0.25) is 0 Å². The minimum atomic E-state index is 0.602. The average molecular weight is 280 g/mol. The molecule has 3 nitrogen and oxygen atoms in total. The number of likely N-dealkylation sites (N-methyl/N-ethyl adjacent to an activating group) is 1. The molecule has 96 valence electrons. The van der Waals surface area contributed by atoms with Crippen molar-refractivity contribution in [3.63, 3.8) is 0 Å². The maximum Gasteiger partial charge on any atom is 0.129 e. The minimum absolute atomic E-state index is 0.602. The molecule has 0 radical (unpaired) electrons. The normalized spacial score (nSPS) is 10.6. The van der Waals surface area contributed by atoms with Crippen LogP contribution in [0.25, 0.3) is 0 Å². The van der Waals surface area contributed by atoms with Gasteiger partial charge in [-0.05, 0) is 37.0 Å². The molecule has 0 aliphatic rings. The largest absolute Gasteiger partial charge is 0.394 e. The summed E-state index contributed by atoms with van der Waals surface area (Å²) in [7, 11) is 4.04. The number of rotatable bonds is 6. The van der Waals surface area contributed by atoms with E-state index < -0.39 is 0 Å². The molecule has 0 saturated carbocycles. The molecule has 0 bridgehead atoms. The highest BCUT2D eigenvalue weighted by molar-refractivity contribution is 7.08. The Morgan fingerprint density at radius 3 is 2.22 bits per heavy atom. The van der Waals surface area contributed by atoms with Crippen LogP contribution in [0.2, 0.25) is 0 Å². The van der Waals surface area contributed by atoms with Crippen LogP contribution >= 0.6 is 22.7 Å². The molecular formula is C13H16N2OS2. The van der Waals surface area contributed by atoms with Gasteiger partial charge >= 0.3 is 0 Å². The van der Waals surface area contributed by atoms with Crippen LogP contribution in [0.4, 0.5) is 0 Å². The Morgan fingerprint density at radius 1 is 1.17 bits per heavy atom. The molecule has 0 aliphatic heterocycles. The summed E-state index contributed by atoms with van der Waals surface area (Å²) in [6.45, 7) is 1.47. The summed E-state index contributed by atoms with van der Waals surface area (Å²) >= 11 is 3.34. The zero-order valence-electron chi connectivity index (χ0n) is 10.5. The summed E-state index contributed by atoms with van der Waals surface area (Å²) in [4.78, 5) is 7.48. The predicted molar refractivity (Wildman–Crippen MR) is 78.8 cm³/mol. The van der Waals surface area contributed by atoms with E-state index in [0.717, 1.165) is 23.4 Å². The maximum absolute atomic E-state index is 5.41. The lowest BCUT2D eigenvalue weighted by Gasteiger charge is -2.08. The Bertz CT molecular complexity index is 439. The first kappa shape index (κ1) is 13.3. The molecule has 2 heterocycles. The molecule has 5 heteroatoms. The third kappa shape index (κ3) is 3.66. The van der Waals surface area contributed by atoms with Gasteiger partial charge in [0, 0.05) is 28.4 Å². The Hall–Kier alpha value is -1.17. The van der Waals surface area contributed by atoms with Crippen LogP contribution < -0.4 is 0 Å². The summed E-state index contributed by atoms with van der Waals surface area (Å²) < 4.78 is 0. The molecule has 2 rings (SSSR count). The number of nitrogens with zero attached hydrogens (tertiary/aromatic N) is 2. The van der Waals surface area contributed by atoms with E-state index in [2.05, 4.69) is 43.7 Å². The summed E-state index contributed by atoms with van der Waals surface area (Å²) in [5.74, 6) is 0. The van der Waals surface area contributed by atoms with E-state index in [1.165, 1.54) is 0 Å². The van der Waals surface area contributed by atoms with Gasteiger partial charge in [-0.25, -0.2) is 0 Å². The first-order valence-electron chi connectivity index (χ1n) is 5.67. The zero-order valence-corrected chi connectivity index (χ0v) is 12.1. The minimum Gasteiger partial charge on any atom is -0.394 e. The monoisotopic (exact) mass is 280 g/mol. The van der Waals surface area contributed by atoms with E-state index in [-0.39, 0.29) is 0 Å². The van der Waals surface area contributed by atoms with Gasteiger partial charge in [-0.1, -0.05) is 5.16 Å². The third-order valence-corrected chi connectivity index (χ3v) is 3.74. The smallest absolute Gasteiger partial charge is 0.129 e. The molecule has 0 amide bonds. The van der Waals surface area contributed by atoms with Crippen molar-refractivity contribution in [3.8, 4) is 0 Å². The van der Waals surface area contributed by atoms with Crippen LogP contribution in [0.1, 0.15) is 11.1 Å². The first-order valence-corrected chi connectivity index (χ1v) is 7.56. The van der Waals surface area contributed by atoms with E-state index in [4.69, 9.17) is 4.84 Å². The third-order valence-electron chi connectivity index (χ3n) is 2.37. The highest BCUT2D eigenvalue weighted by Gasteiger charge is 2.08. The first-order chi connectivity index (χ1) is 8.77. The zero-order chi connectivity index (χ0) is 12.8. The molecule has 0 aromatic carbocycles. The highest BCUT2D eigenvalue weighted by atomic mass is 32.1. The number of thiophene rings is 2. The highest BCUT2D eigenvalue weighted by Crippen LogP contribution is 2.16. The van der Waals surface area contributed by atoms with E-state index in [1.807, 2.05) is 14.1 Å². The van der Waals surface area contributed by atoms with Crippen LogP contribution in [-0.4, -0.2) is 37.9 Å². The van der Waals surface area contributed by atoms with Crippen LogP contribution in [0.5, 0.6) is 0 Å². The Kier molecular flexibility index (Phi) is 4.92. The SMILES string of the molecule is CN(C)CCON=C(c1ccsc1)c1ccsc1. The molecule has 2 aromatic rings. The van der Waals surface area contributed by atoms with Crippen molar-refractivity contribution in [2.24, 2.45) is 5.16 Å². The van der Waals surface area contributed by atoms with Crippen LogP contribution in [0.3, 0.4) is 0 Å².